The molecular formula is C10H13NO. The molecule has 12 heavy (non-hydrogen) atoms. The minimum atomic E-state index is -0.430. The summed E-state index contributed by atoms with van der Waals surface area (Å²) in [5.41, 5.74) is 6.48. The molecule has 2 heteroatoms. The molecule has 0 spiro atoms. The number of hydrogen-bond donors (Lipinski definition) is 1. The van der Waals surface area contributed by atoms with Crippen LogP contribution in [-0.4, -0.2) is 5.91 Å². The molecule has 0 aliphatic heterocycles. The van der Waals surface area contributed by atoms with Gasteiger partial charge >= 0.3 is 0 Å². The van der Waals surface area contributed by atoms with Crippen molar-refractivity contribution in [2.75, 3.05) is 0 Å². The highest BCUT2D eigenvalue weighted by atomic mass is 16.1. The van der Waals surface area contributed by atoms with Gasteiger partial charge in [0.15, 0.2) is 0 Å². The number of nitrogens with two attached hydrogens (primary N) is 1. The minimum absolute atomic E-state index is 0.430. The van der Waals surface area contributed by atoms with Gasteiger partial charge in [0.2, 0.25) is 5.91 Å². The van der Waals surface area contributed by atoms with E-state index in [-0.39, 0.29) is 0 Å². The number of terminal acetylenes is 1. The van der Waals surface area contributed by atoms with Crippen LogP contribution in [0.15, 0.2) is 23.3 Å². The number of rotatable bonds is 3. The van der Waals surface area contributed by atoms with Crippen molar-refractivity contribution in [2.45, 2.75) is 20.3 Å². The van der Waals surface area contributed by atoms with Crippen molar-refractivity contribution in [2.24, 2.45) is 5.73 Å². The van der Waals surface area contributed by atoms with Gasteiger partial charge in [-0.2, -0.15) is 0 Å². The Morgan fingerprint density at radius 2 is 2.25 bits per heavy atom. The largest absolute Gasteiger partial charge is 0.366 e. The number of primary amides is 1. The first-order valence-corrected chi connectivity index (χ1v) is 3.69. The lowest BCUT2D eigenvalue weighted by Crippen LogP contribution is -2.13. The summed E-state index contributed by atoms with van der Waals surface area (Å²) >= 11 is 0. The van der Waals surface area contributed by atoms with Crippen molar-refractivity contribution in [3.05, 3.63) is 23.3 Å². The molecule has 0 aliphatic rings. The highest BCUT2D eigenvalue weighted by Gasteiger charge is 2.03. The molecule has 0 unspecified atom stereocenters. The number of amides is 1. The van der Waals surface area contributed by atoms with E-state index in [9.17, 15) is 4.79 Å². The Bertz CT molecular complexity index is 266. The van der Waals surface area contributed by atoms with E-state index in [1.807, 2.05) is 6.92 Å². The van der Waals surface area contributed by atoms with E-state index in [2.05, 4.69) is 5.92 Å². The zero-order valence-corrected chi connectivity index (χ0v) is 7.42. The van der Waals surface area contributed by atoms with Gasteiger partial charge in [-0.25, -0.2) is 0 Å². The predicted octanol–water partition coefficient (Wildman–Crippen LogP) is 1.39. The second kappa shape index (κ2) is 5.20. The average molecular weight is 163 g/mol. The van der Waals surface area contributed by atoms with Crippen molar-refractivity contribution in [3.63, 3.8) is 0 Å². The third kappa shape index (κ3) is 3.07. The van der Waals surface area contributed by atoms with Crippen molar-refractivity contribution in [3.8, 4) is 12.3 Å². The quantitative estimate of drug-likeness (QED) is 0.381. The summed E-state index contributed by atoms with van der Waals surface area (Å²) in [6.07, 6.45) is 9.00. The van der Waals surface area contributed by atoms with Gasteiger partial charge in [-0.05, 0) is 19.4 Å². The molecule has 0 heterocycles. The van der Waals surface area contributed by atoms with E-state index in [4.69, 9.17) is 12.2 Å². The molecule has 0 fully saturated rings. The van der Waals surface area contributed by atoms with Crippen LogP contribution in [0.5, 0.6) is 0 Å². The fraction of sp³-hybridized carbons (Fsp3) is 0.300. The van der Waals surface area contributed by atoms with Crippen molar-refractivity contribution in [1.82, 2.24) is 0 Å². The Hall–Kier alpha value is -1.49. The summed E-state index contributed by atoms with van der Waals surface area (Å²) in [4.78, 5) is 10.9. The fourth-order valence-electron chi connectivity index (χ4n) is 0.850. The number of carbonyl (C=O) groups excluding carboxylic acids is 1. The Morgan fingerprint density at radius 1 is 1.67 bits per heavy atom. The van der Waals surface area contributed by atoms with E-state index in [1.54, 1.807) is 19.1 Å². The minimum Gasteiger partial charge on any atom is -0.366 e. The third-order valence-corrected chi connectivity index (χ3v) is 1.43. The Labute approximate surface area is 73.1 Å². The zero-order chi connectivity index (χ0) is 9.56. The van der Waals surface area contributed by atoms with Crippen LogP contribution in [0.3, 0.4) is 0 Å². The molecule has 0 saturated carbocycles. The first-order chi connectivity index (χ1) is 5.63. The Morgan fingerprint density at radius 3 is 2.58 bits per heavy atom. The van der Waals surface area contributed by atoms with Crippen LogP contribution in [0.1, 0.15) is 20.3 Å². The van der Waals surface area contributed by atoms with Crippen LogP contribution in [0.2, 0.25) is 0 Å². The van der Waals surface area contributed by atoms with Gasteiger partial charge in [-0.15, -0.1) is 12.3 Å². The zero-order valence-electron chi connectivity index (χ0n) is 7.42. The molecular weight excluding hydrogens is 150 g/mol. The second-order valence-electron chi connectivity index (χ2n) is 2.44. The van der Waals surface area contributed by atoms with Gasteiger partial charge in [0.05, 0.1) is 0 Å². The number of hydrogen-bond acceptors (Lipinski definition) is 1. The van der Waals surface area contributed by atoms with Crippen LogP contribution in [0.25, 0.3) is 0 Å². The van der Waals surface area contributed by atoms with Crippen molar-refractivity contribution in [1.29, 1.82) is 0 Å². The van der Waals surface area contributed by atoms with Crippen molar-refractivity contribution >= 4 is 5.91 Å². The van der Waals surface area contributed by atoms with Crippen LogP contribution in [-0.2, 0) is 4.79 Å². The molecule has 0 aromatic carbocycles. The maximum absolute atomic E-state index is 10.9. The third-order valence-electron chi connectivity index (χ3n) is 1.43. The van der Waals surface area contributed by atoms with E-state index >= 15 is 0 Å². The Balaban J connectivity index is 4.82. The summed E-state index contributed by atoms with van der Waals surface area (Å²) in [6, 6.07) is 0. The molecule has 2 N–H and O–H groups in total. The molecule has 0 rings (SSSR count). The molecule has 0 atom stereocenters. The van der Waals surface area contributed by atoms with E-state index in [0.717, 1.165) is 5.57 Å². The maximum Gasteiger partial charge on any atom is 0.248 e. The van der Waals surface area contributed by atoms with Gasteiger partial charge in [0.25, 0.3) is 0 Å². The highest BCUT2D eigenvalue weighted by molar-refractivity contribution is 5.95. The van der Waals surface area contributed by atoms with Crippen LogP contribution >= 0.6 is 0 Å². The van der Waals surface area contributed by atoms with Crippen molar-refractivity contribution < 1.29 is 4.79 Å². The first-order valence-electron chi connectivity index (χ1n) is 3.69. The Kier molecular flexibility index (Phi) is 4.55. The number of carbonyl (C=O) groups is 1. The summed E-state index contributed by atoms with van der Waals surface area (Å²) in [5, 5.41) is 0. The van der Waals surface area contributed by atoms with Gasteiger partial charge in [-0.1, -0.05) is 12.2 Å². The van der Waals surface area contributed by atoms with Gasteiger partial charge in [-0.3, -0.25) is 4.79 Å². The topological polar surface area (TPSA) is 43.1 Å². The maximum atomic E-state index is 10.9. The molecule has 0 aromatic heterocycles. The van der Waals surface area contributed by atoms with Crippen LogP contribution in [0.4, 0.5) is 0 Å². The molecule has 0 bridgehead atoms. The van der Waals surface area contributed by atoms with E-state index in [1.165, 1.54) is 0 Å². The first kappa shape index (κ1) is 10.5. The average Bonchev–Trinajstić information content (AvgIpc) is 1.99. The molecule has 0 aromatic rings. The summed E-state index contributed by atoms with van der Waals surface area (Å²) in [5.74, 6) is 2.03. The molecule has 0 aliphatic carbocycles. The van der Waals surface area contributed by atoms with E-state index < -0.39 is 5.91 Å². The summed E-state index contributed by atoms with van der Waals surface area (Å²) < 4.78 is 0. The standard InChI is InChI=1S/C10H13NO/c1-4-6-8(3)9(7-5-2)10(11)12/h1,5,7H,6H2,2-3H3,(H2,11,12)/b7-5-,9-8+. The summed E-state index contributed by atoms with van der Waals surface area (Å²) in [7, 11) is 0. The number of allylic oxidation sites excluding steroid dienone is 2. The fourth-order valence-corrected chi connectivity index (χ4v) is 0.850. The normalized spacial score (nSPS) is 12.4. The lowest BCUT2D eigenvalue weighted by atomic mass is 10.1. The predicted molar refractivity (Wildman–Crippen MR) is 50.2 cm³/mol. The second-order valence-corrected chi connectivity index (χ2v) is 2.44. The lowest BCUT2D eigenvalue weighted by Gasteiger charge is -2.00. The van der Waals surface area contributed by atoms with Crippen LogP contribution < -0.4 is 5.73 Å². The molecule has 0 radical (unpaired) electrons. The smallest absolute Gasteiger partial charge is 0.248 e. The van der Waals surface area contributed by atoms with Gasteiger partial charge < -0.3 is 5.73 Å². The monoisotopic (exact) mass is 163 g/mol. The van der Waals surface area contributed by atoms with Gasteiger partial charge in [0, 0.05) is 12.0 Å². The highest BCUT2D eigenvalue weighted by Crippen LogP contribution is 2.08. The summed E-state index contributed by atoms with van der Waals surface area (Å²) in [6.45, 7) is 3.63. The molecule has 1 amide bonds. The molecule has 64 valence electrons. The van der Waals surface area contributed by atoms with E-state index in [0.29, 0.717) is 12.0 Å². The van der Waals surface area contributed by atoms with Gasteiger partial charge in [0.1, 0.15) is 0 Å². The molecule has 0 saturated heterocycles. The SMILES string of the molecule is C#CC/C(C)=C(\C=C/C)C(N)=O. The van der Waals surface area contributed by atoms with Crippen LogP contribution in [0, 0.1) is 12.3 Å². The molecule has 2 nitrogen and oxygen atoms in total. The lowest BCUT2D eigenvalue weighted by molar-refractivity contribution is -0.114.